The van der Waals surface area contributed by atoms with Crippen LogP contribution in [0.15, 0.2) is 18.2 Å². The third kappa shape index (κ3) is 2.77. The molecule has 1 aromatic heterocycles. The molecule has 0 aliphatic heterocycles. The largest absolute Gasteiger partial charge is 0.491 e. The van der Waals surface area contributed by atoms with Gasteiger partial charge in [-0.1, -0.05) is 20.8 Å². The van der Waals surface area contributed by atoms with E-state index in [0.717, 1.165) is 0 Å². The highest BCUT2D eigenvalue weighted by Gasteiger charge is 2.24. The van der Waals surface area contributed by atoms with Crippen molar-refractivity contribution in [3.05, 3.63) is 35.1 Å². The van der Waals surface area contributed by atoms with Gasteiger partial charge in [0.15, 0.2) is 11.6 Å². The van der Waals surface area contributed by atoms with Gasteiger partial charge in [-0.3, -0.25) is 4.57 Å². The van der Waals surface area contributed by atoms with Crippen LogP contribution in [0.5, 0.6) is 5.75 Å². The summed E-state index contributed by atoms with van der Waals surface area (Å²) in [5.74, 6) is 0.456. The Balaban J connectivity index is 2.52. The van der Waals surface area contributed by atoms with E-state index in [2.05, 4.69) is 10.2 Å². The first-order chi connectivity index (χ1) is 9.34. The van der Waals surface area contributed by atoms with Gasteiger partial charge in [0.2, 0.25) is 5.28 Å². The van der Waals surface area contributed by atoms with E-state index in [4.69, 9.17) is 16.3 Å². The van der Waals surface area contributed by atoms with E-state index in [0.29, 0.717) is 18.1 Å². The summed E-state index contributed by atoms with van der Waals surface area (Å²) in [5, 5.41) is 8.16. The maximum atomic E-state index is 14.0. The first kappa shape index (κ1) is 14.8. The molecule has 0 saturated heterocycles. The van der Waals surface area contributed by atoms with Crippen LogP contribution in [0.1, 0.15) is 33.5 Å². The number of rotatable bonds is 3. The molecule has 0 aliphatic carbocycles. The smallest absolute Gasteiger partial charge is 0.229 e. The van der Waals surface area contributed by atoms with E-state index >= 15 is 0 Å². The number of halogens is 2. The molecule has 0 aliphatic rings. The van der Waals surface area contributed by atoms with Crippen LogP contribution in [0.4, 0.5) is 4.39 Å². The minimum Gasteiger partial charge on any atom is -0.491 e. The second-order valence-electron chi connectivity index (χ2n) is 5.43. The molecule has 0 atom stereocenters. The van der Waals surface area contributed by atoms with Crippen LogP contribution in [-0.4, -0.2) is 21.4 Å². The lowest BCUT2D eigenvalue weighted by Crippen LogP contribution is -2.18. The Morgan fingerprint density at radius 3 is 2.55 bits per heavy atom. The fourth-order valence-corrected chi connectivity index (χ4v) is 2.10. The highest BCUT2D eigenvalue weighted by molar-refractivity contribution is 6.28. The number of nitrogens with zero attached hydrogens (tertiary/aromatic N) is 3. The number of hydrogen-bond donors (Lipinski definition) is 0. The normalized spacial score (nSPS) is 11.7. The number of ether oxygens (including phenoxy) is 1. The zero-order valence-electron chi connectivity index (χ0n) is 11.9. The molecule has 20 heavy (non-hydrogen) atoms. The van der Waals surface area contributed by atoms with Crippen LogP contribution in [0.2, 0.25) is 5.28 Å². The Labute approximate surface area is 122 Å². The minimum absolute atomic E-state index is 0.207. The van der Waals surface area contributed by atoms with E-state index in [1.54, 1.807) is 16.7 Å². The standard InChI is InChI=1S/C14H17ClFN3O/c1-5-20-11-7-6-9(8-10(11)16)19-12(14(2,3)4)17-18-13(19)15/h6-8H,5H2,1-4H3. The maximum absolute atomic E-state index is 14.0. The fraction of sp³-hybridized carbons (Fsp3) is 0.429. The lowest BCUT2D eigenvalue weighted by atomic mass is 9.95. The van der Waals surface area contributed by atoms with Gasteiger partial charge < -0.3 is 4.74 Å². The van der Waals surface area contributed by atoms with Crippen molar-refractivity contribution in [2.24, 2.45) is 0 Å². The van der Waals surface area contributed by atoms with Crippen molar-refractivity contribution in [3.8, 4) is 11.4 Å². The topological polar surface area (TPSA) is 39.9 Å². The van der Waals surface area contributed by atoms with E-state index in [9.17, 15) is 4.39 Å². The second kappa shape index (κ2) is 5.40. The Morgan fingerprint density at radius 2 is 2.00 bits per heavy atom. The molecule has 0 N–H and O–H groups in total. The zero-order valence-corrected chi connectivity index (χ0v) is 12.7. The first-order valence-corrected chi connectivity index (χ1v) is 6.76. The number of aromatic nitrogens is 3. The molecule has 4 nitrogen and oxygen atoms in total. The van der Waals surface area contributed by atoms with Crippen LogP contribution < -0.4 is 4.74 Å². The van der Waals surface area contributed by atoms with Gasteiger partial charge in [0, 0.05) is 11.5 Å². The summed E-state index contributed by atoms with van der Waals surface area (Å²) in [5.41, 5.74) is 0.320. The first-order valence-electron chi connectivity index (χ1n) is 6.38. The van der Waals surface area contributed by atoms with Crippen molar-refractivity contribution in [3.63, 3.8) is 0 Å². The molecular formula is C14H17ClFN3O. The van der Waals surface area contributed by atoms with Gasteiger partial charge in [-0.25, -0.2) is 4.39 Å². The van der Waals surface area contributed by atoms with Crippen LogP contribution in [-0.2, 0) is 5.41 Å². The molecule has 6 heteroatoms. The minimum atomic E-state index is -0.436. The Kier molecular flexibility index (Phi) is 3.99. The summed E-state index contributed by atoms with van der Waals surface area (Å²) in [7, 11) is 0. The van der Waals surface area contributed by atoms with Gasteiger partial charge in [0.1, 0.15) is 5.82 Å². The van der Waals surface area contributed by atoms with Gasteiger partial charge in [-0.2, -0.15) is 0 Å². The lowest BCUT2D eigenvalue weighted by Gasteiger charge is -2.19. The average Bonchev–Trinajstić information content (AvgIpc) is 2.74. The average molecular weight is 298 g/mol. The Morgan fingerprint density at radius 1 is 1.30 bits per heavy atom. The third-order valence-electron chi connectivity index (χ3n) is 2.77. The third-order valence-corrected chi connectivity index (χ3v) is 3.01. The lowest BCUT2D eigenvalue weighted by molar-refractivity contribution is 0.321. The van der Waals surface area contributed by atoms with Gasteiger partial charge >= 0.3 is 0 Å². The van der Waals surface area contributed by atoms with Crippen molar-refractivity contribution < 1.29 is 9.13 Å². The van der Waals surface area contributed by atoms with Gasteiger partial charge in [-0.15, -0.1) is 10.2 Å². The van der Waals surface area contributed by atoms with E-state index in [-0.39, 0.29) is 16.4 Å². The molecule has 108 valence electrons. The Bertz CT molecular complexity index is 619. The molecule has 0 bridgehead atoms. The molecule has 0 saturated carbocycles. The van der Waals surface area contributed by atoms with Crippen LogP contribution in [0, 0.1) is 5.82 Å². The molecule has 1 heterocycles. The molecule has 1 aromatic carbocycles. The number of benzene rings is 1. The summed E-state index contributed by atoms with van der Waals surface area (Å²) in [4.78, 5) is 0. The number of hydrogen-bond acceptors (Lipinski definition) is 3. The highest BCUT2D eigenvalue weighted by atomic mass is 35.5. The van der Waals surface area contributed by atoms with Crippen LogP contribution in [0.3, 0.4) is 0 Å². The molecule has 0 unspecified atom stereocenters. The zero-order chi connectivity index (χ0) is 14.9. The van der Waals surface area contributed by atoms with Crippen molar-refractivity contribution >= 4 is 11.6 Å². The molecule has 0 spiro atoms. The summed E-state index contributed by atoms with van der Waals surface area (Å²) >= 11 is 6.07. The SMILES string of the molecule is CCOc1ccc(-n2c(Cl)nnc2C(C)(C)C)cc1F. The predicted octanol–water partition coefficient (Wildman–Crippen LogP) is 3.76. The summed E-state index contributed by atoms with van der Waals surface area (Å²) < 4.78 is 20.8. The Hall–Kier alpha value is -1.62. The van der Waals surface area contributed by atoms with Crippen LogP contribution >= 0.6 is 11.6 Å². The van der Waals surface area contributed by atoms with E-state index < -0.39 is 5.82 Å². The van der Waals surface area contributed by atoms with Gasteiger partial charge in [0.05, 0.1) is 12.3 Å². The second-order valence-corrected chi connectivity index (χ2v) is 5.76. The van der Waals surface area contributed by atoms with Crippen molar-refractivity contribution in [2.45, 2.75) is 33.1 Å². The summed E-state index contributed by atoms with van der Waals surface area (Å²) in [6.07, 6.45) is 0. The van der Waals surface area contributed by atoms with Crippen molar-refractivity contribution in [1.82, 2.24) is 14.8 Å². The van der Waals surface area contributed by atoms with Gasteiger partial charge in [-0.05, 0) is 30.7 Å². The molecule has 0 amide bonds. The quantitative estimate of drug-likeness (QED) is 0.866. The maximum Gasteiger partial charge on any atom is 0.229 e. The van der Waals surface area contributed by atoms with Crippen molar-refractivity contribution in [2.75, 3.05) is 6.61 Å². The van der Waals surface area contributed by atoms with Gasteiger partial charge in [0.25, 0.3) is 0 Å². The molecule has 2 aromatic rings. The predicted molar refractivity (Wildman–Crippen MR) is 76.2 cm³/mol. The van der Waals surface area contributed by atoms with E-state index in [1.165, 1.54) is 6.07 Å². The van der Waals surface area contributed by atoms with Crippen molar-refractivity contribution in [1.29, 1.82) is 0 Å². The molecular weight excluding hydrogens is 281 g/mol. The molecule has 0 fully saturated rings. The monoisotopic (exact) mass is 297 g/mol. The molecule has 0 radical (unpaired) electrons. The van der Waals surface area contributed by atoms with Crippen LogP contribution in [0.25, 0.3) is 5.69 Å². The highest BCUT2D eigenvalue weighted by Crippen LogP contribution is 2.28. The fourth-order valence-electron chi connectivity index (χ4n) is 1.88. The van der Waals surface area contributed by atoms with E-state index in [1.807, 2.05) is 27.7 Å². The summed E-state index contributed by atoms with van der Waals surface area (Å²) in [6, 6.07) is 4.69. The summed E-state index contributed by atoms with van der Waals surface area (Å²) in [6.45, 7) is 8.21. The molecule has 2 rings (SSSR count).